The largest absolute Gasteiger partial charge is 0.323 e. The quantitative estimate of drug-likeness (QED) is 0.781. The number of carbonyl (C=O) groups is 1. The number of aryl methyl sites for hydroxylation is 1. The molecule has 0 aliphatic rings. The lowest BCUT2D eigenvalue weighted by Gasteiger charge is -2.12. The number of carbonyl (C=O) groups excluding carboxylic acids is 1. The van der Waals surface area contributed by atoms with Gasteiger partial charge in [0.15, 0.2) is 0 Å². The highest BCUT2D eigenvalue weighted by molar-refractivity contribution is 6.36. The molecule has 0 radical (unpaired) electrons. The molecule has 0 fully saturated rings. The van der Waals surface area contributed by atoms with E-state index in [1.807, 2.05) is 32.0 Å². The molecule has 0 aromatic heterocycles. The smallest absolute Gasteiger partial charge is 0.307 e. The third kappa shape index (κ3) is 3.44. The lowest BCUT2D eigenvalue weighted by Crippen LogP contribution is -2.20. The first-order chi connectivity index (χ1) is 9.47. The van der Waals surface area contributed by atoms with Crippen molar-refractivity contribution >= 4 is 40.6 Å². The highest BCUT2D eigenvalue weighted by atomic mass is 35.5. The van der Waals surface area contributed by atoms with Crippen LogP contribution in [-0.2, 0) is 0 Å². The maximum absolute atomic E-state index is 12.0. The molecule has 0 bridgehead atoms. The van der Waals surface area contributed by atoms with Gasteiger partial charge in [-0.2, -0.15) is 0 Å². The van der Waals surface area contributed by atoms with Crippen LogP contribution in [0, 0.1) is 13.8 Å². The molecule has 2 N–H and O–H groups in total. The van der Waals surface area contributed by atoms with Crippen molar-refractivity contribution in [1.82, 2.24) is 0 Å². The Bertz CT molecular complexity index is 656. The standard InChI is InChI=1S/C15H14Cl2N2O/c1-9-4-3-5-13(10(9)2)18-15(20)19-14-7-6-11(16)8-12(14)17/h3-8H,1-2H3,(H2,18,19,20). The summed E-state index contributed by atoms with van der Waals surface area (Å²) in [6.07, 6.45) is 0. The Kier molecular flexibility index (Phi) is 4.53. The summed E-state index contributed by atoms with van der Waals surface area (Å²) in [7, 11) is 0. The van der Waals surface area contributed by atoms with Crippen molar-refractivity contribution in [2.24, 2.45) is 0 Å². The van der Waals surface area contributed by atoms with Gasteiger partial charge in [0, 0.05) is 10.7 Å². The lowest BCUT2D eigenvalue weighted by molar-refractivity contribution is 0.262. The Morgan fingerprint density at radius 1 is 1.00 bits per heavy atom. The zero-order chi connectivity index (χ0) is 14.7. The molecule has 3 nitrogen and oxygen atoms in total. The SMILES string of the molecule is Cc1cccc(NC(=O)Nc2ccc(Cl)cc2Cl)c1C. The lowest BCUT2D eigenvalue weighted by atomic mass is 10.1. The van der Waals surface area contributed by atoms with Crippen LogP contribution >= 0.6 is 23.2 Å². The predicted molar refractivity (Wildman–Crippen MR) is 85.0 cm³/mol. The van der Waals surface area contributed by atoms with Crippen molar-refractivity contribution in [3.8, 4) is 0 Å². The summed E-state index contributed by atoms with van der Waals surface area (Å²) in [5, 5.41) is 6.41. The molecule has 20 heavy (non-hydrogen) atoms. The topological polar surface area (TPSA) is 41.1 Å². The van der Waals surface area contributed by atoms with E-state index in [4.69, 9.17) is 23.2 Å². The Balaban J connectivity index is 2.11. The molecule has 2 aromatic carbocycles. The molecular formula is C15H14Cl2N2O. The number of rotatable bonds is 2. The van der Waals surface area contributed by atoms with Crippen molar-refractivity contribution < 1.29 is 4.79 Å². The maximum atomic E-state index is 12.0. The van der Waals surface area contributed by atoms with E-state index in [1.165, 1.54) is 0 Å². The van der Waals surface area contributed by atoms with E-state index in [0.29, 0.717) is 15.7 Å². The van der Waals surface area contributed by atoms with Gasteiger partial charge in [-0.1, -0.05) is 35.3 Å². The number of benzene rings is 2. The monoisotopic (exact) mass is 308 g/mol. The highest BCUT2D eigenvalue weighted by Crippen LogP contribution is 2.25. The first-order valence-corrected chi connectivity index (χ1v) is 6.82. The molecular weight excluding hydrogens is 295 g/mol. The van der Waals surface area contributed by atoms with Gasteiger partial charge in [-0.3, -0.25) is 0 Å². The number of amides is 2. The number of urea groups is 1. The van der Waals surface area contributed by atoms with Crippen molar-refractivity contribution in [2.45, 2.75) is 13.8 Å². The van der Waals surface area contributed by atoms with Gasteiger partial charge >= 0.3 is 6.03 Å². The number of hydrogen-bond donors (Lipinski definition) is 2. The molecule has 0 aliphatic carbocycles. The third-order valence-corrected chi connectivity index (χ3v) is 3.58. The van der Waals surface area contributed by atoms with Gasteiger partial charge in [0.1, 0.15) is 0 Å². The second kappa shape index (κ2) is 6.16. The van der Waals surface area contributed by atoms with E-state index in [1.54, 1.807) is 18.2 Å². The molecule has 0 saturated heterocycles. The van der Waals surface area contributed by atoms with E-state index in [-0.39, 0.29) is 6.03 Å². The van der Waals surface area contributed by atoms with Gasteiger partial charge < -0.3 is 10.6 Å². The van der Waals surface area contributed by atoms with Crippen LogP contribution < -0.4 is 10.6 Å². The fraction of sp³-hybridized carbons (Fsp3) is 0.133. The molecule has 0 spiro atoms. The van der Waals surface area contributed by atoms with Crippen molar-refractivity contribution in [3.05, 3.63) is 57.6 Å². The zero-order valence-corrected chi connectivity index (χ0v) is 12.6. The van der Waals surface area contributed by atoms with Crippen molar-refractivity contribution in [2.75, 3.05) is 10.6 Å². The molecule has 2 amide bonds. The molecule has 2 aromatic rings. The minimum absolute atomic E-state index is 0.345. The summed E-state index contributed by atoms with van der Waals surface area (Å²) in [6.45, 7) is 3.95. The van der Waals surface area contributed by atoms with Crippen LogP contribution in [0.4, 0.5) is 16.2 Å². The number of nitrogens with one attached hydrogen (secondary N) is 2. The minimum Gasteiger partial charge on any atom is -0.307 e. The van der Waals surface area contributed by atoms with Crippen LogP contribution in [0.5, 0.6) is 0 Å². The Morgan fingerprint density at radius 3 is 2.40 bits per heavy atom. The van der Waals surface area contributed by atoms with Crippen LogP contribution in [0.3, 0.4) is 0 Å². The molecule has 0 atom stereocenters. The van der Waals surface area contributed by atoms with E-state index in [2.05, 4.69) is 10.6 Å². The van der Waals surface area contributed by atoms with E-state index >= 15 is 0 Å². The van der Waals surface area contributed by atoms with E-state index in [9.17, 15) is 4.79 Å². The minimum atomic E-state index is -0.345. The van der Waals surface area contributed by atoms with Crippen LogP contribution in [0.15, 0.2) is 36.4 Å². The maximum Gasteiger partial charge on any atom is 0.323 e. The Labute approximate surface area is 127 Å². The summed E-state index contributed by atoms with van der Waals surface area (Å²) in [5.74, 6) is 0. The number of halogens is 2. The van der Waals surface area contributed by atoms with Crippen LogP contribution in [0.25, 0.3) is 0 Å². The first kappa shape index (κ1) is 14.7. The average Bonchev–Trinajstić information content (AvgIpc) is 2.38. The van der Waals surface area contributed by atoms with Gasteiger partial charge in [0.25, 0.3) is 0 Å². The first-order valence-electron chi connectivity index (χ1n) is 6.06. The highest BCUT2D eigenvalue weighted by Gasteiger charge is 2.08. The van der Waals surface area contributed by atoms with Crippen LogP contribution in [-0.4, -0.2) is 6.03 Å². The second-order valence-electron chi connectivity index (χ2n) is 4.45. The average molecular weight is 309 g/mol. The van der Waals surface area contributed by atoms with Gasteiger partial charge in [-0.15, -0.1) is 0 Å². The Hall–Kier alpha value is -1.71. The summed E-state index contributed by atoms with van der Waals surface area (Å²) in [5.41, 5.74) is 3.43. The van der Waals surface area contributed by atoms with Gasteiger partial charge in [0.2, 0.25) is 0 Å². The number of anilines is 2. The summed E-state index contributed by atoms with van der Waals surface area (Å²) < 4.78 is 0. The van der Waals surface area contributed by atoms with Crippen molar-refractivity contribution in [3.63, 3.8) is 0 Å². The number of hydrogen-bond acceptors (Lipinski definition) is 1. The molecule has 0 saturated carbocycles. The molecule has 2 rings (SSSR count). The second-order valence-corrected chi connectivity index (χ2v) is 5.29. The summed E-state index contributed by atoms with van der Waals surface area (Å²) in [6, 6.07) is 10.3. The Morgan fingerprint density at radius 2 is 1.70 bits per heavy atom. The summed E-state index contributed by atoms with van der Waals surface area (Å²) in [4.78, 5) is 12.0. The van der Waals surface area contributed by atoms with Gasteiger partial charge in [-0.25, -0.2) is 4.79 Å². The molecule has 0 aliphatic heterocycles. The normalized spacial score (nSPS) is 10.2. The predicted octanol–water partition coefficient (Wildman–Crippen LogP) is 5.25. The summed E-state index contributed by atoms with van der Waals surface area (Å²) >= 11 is 11.8. The zero-order valence-electron chi connectivity index (χ0n) is 11.1. The molecule has 0 heterocycles. The van der Waals surface area contributed by atoms with Gasteiger partial charge in [0.05, 0.1) is 10.7 Å². The molecule has 0 unspecified atom stereocenters. The molecule has 104 valence electrons. The van der Waals surface area contributed by atoms with E-state index in [0.717, 1.165) is 16.8 Å². The third-order valence-electron chi connectivity index (χ3n) is 3.03. The van der Waals surface area contributed by atoms with Gasteiger partial charge in [-0.05, 0) is 49.2 Å². The fourth-order valence-electron chi connectivity index (χ4n) is 1.75. The molecule has 5 heteroatoms. The van der Waals surface area contributed by atoms with Crippen LogP contribution in [0.1, 0.15) is 11.1 Å². The van der Waals surface area contributed by atoms with E-state index < -0.39 is 0 Å². The van der Waals surface area contributed by atoms with Crippen molar-refractivity contribution in [1.29, 1.82) is 0 Å². The van der Waals surface area contributed by atoms with Crippen LogP contribution in [0.2, 0.25) is 10.0 Å². The fourth-order valence-corrected chi connectivity index (χ4v) is 2.21.